The zero-order chi connectivity index (χ0) is 22.1. The predicted molar refractivity (Wildman–Crippen MR) is 111 cm³/mol. The van der Waals surface area contributed by atoms with Crippen LogP contribution in [0.3, 0.4) is 0 Å². The van der Waals surface area contributed by atoms with Crippen LogP contribution in [0.15, 0.2) is 12.2 Å². The minimum Gasteiger partial charge on any atom is -0.507 e. The molecular weight excluding hydrogens is 388 g/mol. The number of phenolic OH excluding ortho intramolecular Hbond substituents is 2. The maximum atomic E-state index is 12.1. The fourth-order valence-corrected chi connectivity index (χ4v) is 3.62. The van der Waals surface area contributed by atoms with Crippen LogP contribution in [0.2, 0.25) is 0 Å². The molecule has 7 nitrogen and oxygen atoms in total. The lowest BCUT2D eigenvalue weighted by atomic mass is 9.93. The first-order valence-electron chi connectivity index (χ1n) is 10.6. The third-order valence-electron chi connectivity index (χ3n) is 5.31. The number of benzene rings is 1. The molecular formula is C23H30O7. The quantitative estimate of drug-likeness (QED) is 0.189. The normalized spacial score (nSPS) is 15.4. The Balaban J connectivity index is 1.90. The van der Waals surface area contributed by atoms with Gasteiger partial charge in [-0.3, -0.25) is 9.59 Å². The topological polar surface area (TPSA) is 121 Å². The predicted octanol–water partition coefficient (Wildman–Crippen LogP) is 4.27. The van der Waals surface area contributed by atoms with Gasteiger partial charge in [0.25, 0.3) is 0 Å². The second-order valence-corrected chi connectivity index (χ2v) is 7.53. The van der Waals surface area contributed by atoms with Crippen LogP contribution < -0.4 is 0 Å². The van der Waals surface area contributed by atoms with Crippen LogP contribution in [-0.4, -0.2) is 33.4 Å². The molecule has 1 aromatic carbocycles. The molecule has 1 unspecified atom stereocenters. The molecule has 0 saturated carbocycles. The molecule has 2 rings (SSSR count). The number of unbranched alkanes of at least 4 members (excludes halogenated alkanes) is 7. The van der Waals surface area contributed by atoms with Gasteiger partial charge < -0.3 is 20.1 Å². The van der Waals surface area contributed by atoms with Gasteiger partial charge in [0, 0.05) is 12.0 Å². The number of phenols is 2. The molecule has 0 fully saturated rings. The molecule has 164 valence electrons. The number of aliphatic hydroxyl groups is 1. The third kappa shape index (κ3) is 5.69. The van der Waals surface area contributed by atoms with Crippen molar-refractivity contribution in [2.24, 2.45) is 0 Å². The van der Waals surface area contributed by atoms with E-state index in [1.165, 1.54) is 38.2 Å². The van der Waals surface area contributed by atoms with Gasteiger partial charge in [-0.15, -0.1) is 0 Å². The monoisotopic (exact) mass is 418 g/mol. The number of allylic oxidation sites excluding steroid dienone is 2. The smallest absolute Gasteiger partial charge is 0.345 e. The first-order chi connectivity index (χ1) is 14.4. The van der Waals surface area contributed by atoms with Gasteiger partial charge in [-0.2, -0.15) is 0 Å². The number of ketones is 1. The van der Waals surface area contributed by atoms with Gasteiger partial charge in [-0.05, 0) is 25.3 Å². The Morgan fingerprint density at radius 2 is 1.73 bits per heavy atom. The number of aromatic hydroxyl groups is 2. The van der Waals surface area contributed by atoms with Crippen molar-refractivity contribution in [1.29, 1.82) is 0 Å². The highest BCUT2D eigenvalue weighted by molar-refractivity contribution is 6.02. The van der Waals surface area contributed by atoms with Crippen molar-refractivity contribution >= 4 is 18.0 Å². The average molecular weight is 418 g/mol. The number of cyclic esters (lactones) is 1. The molecule has 0 bridgehead atoms. The Labute approximate surface area is 176 Å². The second kappa shape index (κ2) is 11.5. The summed E-state index contributed by atoms with van der Waals surface area (Å²) in [5, 5.41) is 30.4. The van der Waals surface area contributed by atoms with E-state index in [1.807, 2.05) is 6.08 Å². The molecule has 1 atom stereocenters. The lowest BCUT2D eigenvalue weighted by Crippen LogP contribution is -2.04. The number of hydrogen-bond acceptors (Lipinski definition) is 7. The van der Waals surface area contributed by atoms with E-state index in [0.29, 0.717) is 0 Å². The van der Waals surface area contributed by atoms with Crippen LogP contribution >= 0.6 is 0 Å². The summed E-state index contributed by atoms with van der Waals surface area (Å²) in [5.74, 6) is -2.30. The average Bonchev–Trinajstić information content (AvgIpc) is 3.01. The van der Waals surface area contributed by atoms with Gasteiger partial charge in [0.05, 0.1) is 11.1 Å². The fourth-order valence-electron chi connectivity index (χ4n) is 3.62. The summed E-state index contributed by atoms with van der Waals surface area (Å²) in [4.78, 5) is 35.3. The van der Waals surface area contributed by atoms with Crippen LogP contribution in [0, 0.1) is 0 Å². The number of aldehydes is 1. The Kier molecular flexibility index (Phi) is 9.05. The van der Waals surface area contributed by atoms with E-state index < -0.39 is 23.8 Å². The third-order valence-corrected chi connectivity index (χ3v) is 5.31. The summed E-state index contributed by atoms with van der Waals surface area (Å²) in [6.07, 6.45) is 11.0. The first-order valence-corrected chi connectivity index (χ1v) is 10.6. The number of hydrogen-bond donors (Lipinski definition) is 3. The molecule has 0 aliphatic carbocycles. The number of carbonyl (C=O) groups excluding carboxylic acids is 3. The molecule has 0 spiro atoms. The van der Waals surface area contributed by atoms with E-state index in [-0.39, 0.29) is 47.2 Å². The van der Waals surface area contributed by atoms with E-state index in [9.17, 15) is 29.7 Å². The van der Waals surface area contributed by atoms with Crippen molar-refractivity contribution in [3.63, 3.8) is 0 Å². The highest BCUT2D eigenvalue weighted by Gasteiger charge is 2.38. The highest BCUT2D eigenvalue weighted by atomic mass is 16.6. The summed E-state index contributed by atoms with van der Waals surface area (Å²) in [7, 11) is 0. The lowest BCUT2D eigenvalue weighted by Gasteiger charge is -2.13. The zero-order valence-electron chi connectivity index (χ0n) is 17.4. The fraction of sp³-hybridized carbons (Fsp3) is 0.522. The lowest BCUT2D eigenvalue weighted by molar-refractivity contribution is -0.114. The maximum absolute atomic E-state index is 12.1. The molecule has 30 heavy (non-hydrogen) atoms. The van der Waals surface area contributed by atoms with E-state index >= 15 is 0 Å². The Hall–Kier alpha value is -2.67. The number of carbonyl (C=O) groups is 3. The SMILES string of the molecule is CCCCCCCCC/C=C/C(=O)CCc1c(O)c(C=O)c2c(c1O)C(=O)OC2O. The van der Waals surface area contributed by atoms with E-state index in [0.717, 1.165) is 19.3 Å². The number of fused-ring (bicyclic) bond motifs is 1. The van der Waals surface area contributed by atoms with Crippen molar-refractivity contribution in [1.82, 2.24) is 0 Å². The largest absolute Gasteiger partial charge is 0.507 e. The Bertz CT molecular complexity index is 811. The molecule has 3 N–H and O–H groups in total. The Morgan fingerprint density at radius 1 is 1.07 bits per heavy atom. The van der Waals surface area contributed by atoms with Crippen molar-refractivity contribution in [3.8, 4) is 11.5 Å². The molecule has 0 amide bonds. The van der Waals surface area contributed by atoms with Crippen molar-refractivity contribution in [2.75, 3.05) is 0 Å². The zero-order valence-corrected chi connectivity index (χ0v) is 17.4. The van der Waals surface area contributed by atoms with Crippen LogP contribution in [0.4, 0.5) is 0 Å². The van der Waals surface area contributed by atoms with Crippen LogP contribution in [0.25, 0.3) is 0 Å². The minimum absolute atomic E-state index is 0.0106. The summed E-state index contributed by atoms with van der Waals surface area (Å²) in [5.41, 5.74) is -1.01. The minimum atomic E-state index is -1.73. The Morgan fingerprint density at radius 3 is 2.40 bits per heavy atom. The molecule has 1 aliphatic heterocycles. The molecule has 0 saturated heterocycles. The van der Waals surface area contributed by atoms with Gasteiger partial charge in [-0.25, -0.2) is 4.79 Å². The maximum Gasteiger partial charge on any atom is 0.345 e. The number of rotatable bonds is 13. The summed E-state index contributed by atoms with van der Waals surface area (Å²) in [6.45, 7) is 2.19. The van der Waals surface area contributed by atoms with E-state index in [2.05, 4.69) is 11.7 Å². The van der Waals surface area contributed by atoms with Gasteiger partial charge in [0.15, 0.2) is 12.1 Å². The molecule has 7 heteroatoms. The molecule has 1 aromatic rings. The van der Waals surface area contributed by atoms with Crippen molar-refractivity contribution < 1.29 is 34.4 Å². The van der Waals surface area contributed by atoms with Crippen molar-refractivity contribution in [2.45, 2.75) is 77.4 Å². The van der Waals surface area contributed by atoms with Crippen molar-refractivity contribution in [3.05, 3.63) is 34.4 Å². The van der Waals surface area contributed by atoms with Crippen LogP contribution in [0.5, 0.6) is 11.5 Å². The summed E-state index contributed by atoms with van der Waals surface area (Å²) >= 11 is 0. The van der Waals surface area contributed by atoms with E-state index in [1.54, 1.807) is 0 Å². The van der Waals surface area contributed by atoms with Gasteiger partial charge in [0.1, 0.15) is 17.1 Å². The number of aliphatic hydroxyl groups excluding tert-OH is 1. The number of esters is 1. The van der Waals surface area contributed by atoms with Crippen LogP contribution in [0.1, 0.15) is 103 Å². The summed E-state index contributed by atoms with van der Waals surface area (Å²) < 4.78 is 4.61. The standard InChI is InChI=1S/C23H30O7/c1-2-3-4-5-6-7-8-9-10-11-15(25)12-13-16-20(26)17(14-24)18-19(21(16)27)23(29)30-22(18)28/h10-11,14,22,26-28H,2-9,12-13H2,1H3/b11-10+. The highest BCUT2D eigenvalue weighted by Crippen LogP contribution is 2.44. The first kappa shape index (κ1) is 23.6. The molecule has 0 radical (unpaired) electrons. The van der Waals surface area contributed by atoms with Gasteiger partial charge in [0.2, 0.25) is 6.29 Å². The van der Waals surface area contributed by atoms with Crippen LogP contribution in [-0.2, 0) is 16.0 Å². The van der Waals surface area contributed by atoms with Gasteiger partial charge >= 0.3 is 5.97 Å². The summed E-state index contributed by atoms with van der Waals surface area (Å²) in [6, 6.07) is 0. The second-order valence-electron chi connectivity index (χ2n) is 7.53. The molecule has 1 heterocycles. The molecule has 0 aromatic heterocycles. The molecule has 1 aliphatic rings. The van der Waals surface area contributed by atoms with E-state index in [4.69, 9.17) is 0 Å². The number of ether oxygens (including phenoxy) is 1. The van der Waals surface area contributed by atoms with Gasteiger partial charge in [-0.1, -0.05) is 51.5 Å².